The lowest BCUT2D eigenvalue weighted by atomic mass is 10.2. The zero-order valence-electron chi connectivity index (χ0n) is 12.6. The molecule has 0 radical (unpaired) electrons. The van der Waals surface area contributed by atoms with Crippen LogP contribution < -0.4 is 14.8 Å². The van der Waals surface area contributed by atoms with E-state index in [4.69, 9.17) is 9.47 Å². The third-order valence-electron chi connectivity index (χ3n) is 3.00. The molecule has 5 heteroatoms. The SMILES string of the molecule is COc1ccc(C=CC(=O)NCc2ccccn2)cc1OC. The minimum absolute atomic E-state index is 0.180. The minimum Gasteiger partial charge on any atom is -0.493 e. The van der Waals surface area contributed by atoms with Gasteiger partial charge in [0.2, 0.25) is 5.91 Å². The van der Waals surface area contributed by atoms with Gasteiger partial charge in [-0.2, -0.15) is 0 Å². The Bertz CT molecular complexity index is 654. The number of nitrogens with one attached hydrogen (secondary N) is 1. The van der Waals surface area contributed by atoms with Crippen molar-refractivity contribution in [1.29, 1.82) is 0 Å². The number of aromatic nitrogens is 1. The van der Waals surface area contributed by atoms with E-state index in [0.29, 0.717) is 18.0 Å². The van der Waals surface area contributed by atoms with Crippen molar-refractivity contribution in [1.82, 2.24) is 10.3 Å². The summed E-state index contributed by atoms with van der Waals surface area (Å²) in [5.74, 6) is 1.10. The average Bonchev–Trinajstić information content (AvgIpc) is 2.58. The van der Waals surface area contributed by atoms with Gasteiger partial charge < -0.3 is 14.8 Å². The molecule has 114 valence electrons. The highest BCUT2D eigenvalue weighted by Gasteiger charge is 2.03. The first-order chi connectivity index (χ1) is 10.7. The summed E-state index contributed by atoms with van der Waals surface area (Å²) in [5, 5.41) is 2.78. The molecule has 0 aliphatic rings. The fourth-order valence-corrected chi connectivity index (χ4v) is 1.87. The third kappa shape index (κ3) is 4.34. The number of hydrogen-bond acceptors (Lipinski definition) is 4. The van der Waals surface area contributed by atoms with Crippen LogP contribution in [0.4, 0.5) is 0 Å². The Balaban J connectivity index is 1.95. The van der Waals surface area contributed by atoms with Gasteiger partial charge in [-0.05, 0) is 35.9 Å². The number of methoxy groups -OCH3 is 2. The molecule has 1 heterocycles. The molecule has 0 saturated heterocycles. The van der Waals surface area contributed by atoms with Gasteiger partial charge >= 0.3 is 0 Å². The number of carbonyl (C=O) groups is 1. The van der Waals surface area contributed by atoms with Gasteiger partial charge in [-0.25, -0.2) is 0 Å². The van der Waals surface area contributed by atoms with E-state index in [1.807, 2.05) is 24.3 Å². The van der Waals surface area contributed by atoms with E-state index in [9.17, 15) is 4.79 Å². The molecule has 0 unspecified atom stereocenters. The van der Waals surface area contributed by atoms with Crippen molar-refractivity contribution >= 4 is 12.0 Å². The van der Waals surface area contributed by atoms with Crippen LogP contribution in [0.15, 0.2) is 48.7 Å². The second kappa shape index (κ2) is 7.83. The Morgan fingerprint density at radius 1 is 1.18 bits per heavy atom. The van der Waals surface area contributed by atoms with E-state index in [1.54, 1.807) is 38.6 Å². The lowest BCUT2D eigenvalue weighted by Crippen LogP contribution is -2.20. The molecule has 1 aromatic heterocycles. The standard InChI is InChI=1S/C17H18N2O3/c1-21-15-8-6-13(11-16(15)22-2)7-9-17(20)19-12-14-5-3-4-10-18-14/h3-11H,12H2,1-2H3,(H,19,20). The molecule has 0 atom stereocenters. The summed E-state index contributed by atoms with van der Waals surface area (Å²) in [4.78, 5) is 15.9. The second-order valence-electron chi connectivity index (χ2n) is 4.49. The van der Waals surface area contributed by atoms with Crippen LogP contribution in [0, 0.1) is 0 Å². The second-order valence-corrected chi connectivity index (χ2v) is 4.49. The van der Waals surface area contributed by atoms with E-state index in [0.717, 1.165) is 11.3 Å². The van der Waals surface area contributed by atoms with Gasteiger partial charge in [0.25, 0.3) is 0 Å². The van der Waals surface area contributed by atoms with Crippen molar-refractivity contribution in [3.8, 4) is 11.5 Å². The van der Waals surface area contributed by atoms with Crippen LogP contribution in [0.1, 0.15) is 11.3 Å². The zero-order chi connectivity index (χ0) is 15.8. The average molecular weight is 298 g/mol. The van der Waals surface area contributed by atoms with E-state index in [2.05, 4.69) is 10.3 Å². The predicted molar refractivity (Wildman–Crippen MR) is 84.7 cm³/mol. The van der Waals surface area contributed by atoms with Crippen LogP contribution in [0.25, 0.3) is 6.08 Å². The maximum absolute atomic E-state index is 11.8. The molecule has 1 aromatic carbocycles. The molecule has 0 bridgehead atoms. The molecule has 22 heavy (non-hydrogen) atoms. The molecule has 0 aliphatic heterocycles. The van der Waals surface area contributed by atoms with Crippen LogP contribution in [-0.2, 0) is 11.3 Å². The van der Waals surface area contributed by atoms with Crippen molar-refractivity contribution < 1.29 is 14.3 Å². The number of ether oxygens (including phenoxy) is 2. The molecule has 0 saturated carbocycles. The summed E-state index contributed by atoms with van der Waals surface area (Å²) in [6, 6.07) is 11.0. The molecule has 5 nitrogen and oxygen atoms in total. The Morgan fingerprint density at radius 3 is 2.68 bits per heavy atom. The van der Waals surface area contributed by atoms with Gasteiger partial charge in [0.05, 0.1) is 26.5 Å². The van der Waals surface area contributed by atoms with Gasteiger partial charge in [0, 0.05) is 12.3 Å². The molecule has 0 spiro atoms. The number of carbonyl (C=O) groups excluding carboxylic acids is 1. The predicted octanol–water partition coefficient (Wildman–Crippen LogP) is 2.43. The summed E-state index contributed by atoms with van der Waals surface area (Å²) in [7, 11) is 3.16. The molecule has 2 aromatic rings. The summed E-state index contributed by atoms with van der Waals surface area (Å²) < 4.78 is 10.4. The Hall–Kier alpha value is -2.82. The smallest absolute Gasteiger partial charge is 0.244 e. The fourth-order valence-electron chi connectivity index (χ4n) is 1.87. The van der Waals surface area contributed by atoms with Gasteiger partial charge in [0.15, 0.2) is 11.5 Å². The van der Waals surface area contributed by atoms with Gasteiger partial charge in [0.1, 0.15) is 0 Å². The number of amides is 1. The Morgan fingerprint density at radius 2 is 2.00 bits per heavy atom. The van der Waals surface area contributed by atoms with Gasteiger partial charge in [-0.15, -0.1) is 0 Å². The molecular formula is C17H18N2O3. The zero-order valence-corrected chi connectivity index (χ0v) is 12.6. The topological polar surface area (TPSA) is 60.5 Å². The normalized spacial score (nSPS) is 10.5. The maximum Gasteiger partial charge on any atom is 0.244 e. The van der Waals surface area contributed by atoms with Crippen molar-refractivity contribution in [3.63, 3.8) is 0 Å². The first-order valence-electron chi connectivity index (χ1n) is 6.81. The lowest BCUT2D eigenvalue weighted by Gasteiger charge is -2.07. The third-order valence-corrected chi connectivity index (χ3v) is 3.00. The monoisotopic (exact) mass is 298 g/mol. The van der Waals surface area contributed by atoms with E-state index in [1.165, 1.54) is 6.08 Å². The van der Waals surface area contributed by atoms with Gasteiger partial charge in [-0.1, -0.05) is 12.1 Å². The van der Waals surface area contributed by atoms with Crippen LogP contribution in [0.3, 0.4) is 0 Å². The van der Waals surface area contributed by atoms with Crippen molar-refractivity contribution in [2.24, 2.45) is 0 Å². The first-order valence-corrected chi connectivity index (χ1v) is 6.81. The number of rotatable bonds is 6. The highest BCUT2D eigenvalue weighted by Crippen LogP contribution is 2.27. The van der Waals surface area contributed by atoms with Crippen LogP contribution in [0.2, 0.25) is 0 Å². The molecule has 1 N–H and O–H groups in total. The van der Waals surface area contributed by atoms with Gasteiger partial charge in [-0.3, -0.25) is 9.78 Å². The number of nitrogens with zero attached hydrogens (tertiary/aromatic N) is 1. The molecule has 1 amide bonds. The van der Waals surface area contributed by atoms with Crippen LogP contribution in [0.5, 0.6) is 11.5 Å². The van der Waals surface area contributed by atoms with Crippen molar-refractivity contribution in [2.45, 2.75) is 6.54 Å². The Kier molecular flexibility index (Phi) is 5.54. The molecule has 0 fully saturated rings. The number of hydrogen-bond donors (Lipinski definition) is 1. The number of benzene rings is 1. The molecule has 0 aliphatic carbocycles. The first kappa shape index (κ1) is 15.6. The summed E-state index contributed by atoms with van der Waals surface area (Å²) in [5.41, 5.74) is 1.67. The highest BCUT2D eigenvalue weighted by atomic mass is 16.5. The largest absolute Gasteiger partial charge is 0.493 e. The minimum atomic E-state index is -0.180. The maximum atomic E-state index is 11.8. The van der Waals surface area contributed by atoms with E-state index >= 15 is 0 Å². The van der Waals surface area contributed by atoms with Crippen molar-refractivity contribution in [3.05, 3.63) is 59.9 Å². The van der Waals surface area contributed by atoms with Crippen LogP contribution >= 0.6 is 0 Å². The molecule has 2 rings (SSSR count). The summed E-state index contributed by atoms with van der Waals surface area (Å²) in [6.07, 6.45) is 4.89. The van der Waals surface area contributed by atoms with E-state index < -0.39 is 0 Å². The fraction of sp³-hybridized carbons (Fsp3) is 0.176. The number of pyridine rings is 1. The van der Waals surface area contributed by atoms with E-state index in [-0.39, 0.29) is 5.91 Å². The van der Waals surface area contributed by atoms with Crippen LogP contribution in [-0.4, -0.2) is 25.1 Å². The molecular weight excluding hydrogens is 280 g/mol. The lowest BCUT2D eigenvalue weighted by molar-refractivity contribution is -0.116. The highest BCUT2D eigenvalue weighted by molar-refractivity contribution is 5.91. The Labute approximate surface area is 129 Å². The quantitative estimate of drug-likeness (QED) is 0.832. The summed E-state index contributed by atoms with van der Waals surface area (Å²) >= 11 is 0. The van der Waals surface area contributed by atoms with Crippen molar-refractivity contribution in [2.75, 3.05) is 14.2 Å². The summed E-state index contributed by atoms with van der Waals surface area (Å²) in [6.45, 7) is 0.399.